The van der Waals surface area contributed by atoms with Gasteiger partial charge in [-0.2, -0.15) is 0 Å². The lowest BCUT2D eigenvalue weighted by molar-refractivity contribution is 0.494. The van der Waals surface area contributed by atoms with Crippen molar-refractivity contribution in [2.24, 2.45) is 0 Å². The molecule has 1 aromatic heterocycles. The van der Waals surface area contributed by atoms with Crippen LogP contribution in [0.4, 0.5) is 10.1 Å². The summed E-state index contributed by atoms with van der Waals surface area (Å²) in [5.41, 5.74) is 3.87. The van der Waals surface area contributed by atoms with Crippen molar-refractivity contribution < 1.29 is 8.81 Å². The molecule has 146 valence electrons. The van der Waals surface area contributed by atoms with Gasteiger partial charge in [0.25, 0.3) is 0 Å². The molecule has 3 aromatic carbocycles. The number of anilines is 1. The second-order valence-corrected chi connectivity index (χ2v) is 7.22. The molecular formula is C24H22FN3O. The highest BCUT2D eigenvalue weighted by Gasteiger charge is 2.21. The van der Waals surface area contributed by atoms with E-state index in [1.165, 1.54) is 17.7 Å². The van der Waals surface area contributed by atoms with Crippen LogP contribution in [0.15, 0.2) is 83.3 Å². The predicted octanol–water partition coefficient (Wildman–Crippen LogP) is 6.20. The van der Waals surface area contributed by atoms with E-state index in [4.69, 9.17) is 4.42 Å². The van der Waals surface area contributed by atoms with Gasteiger partial charge in [0.1, 0.15) is 11.9 Å². The fourth-order valence-electron chi connectivity index (χ4n) is 3.12. The summed E-state index contributed by atoms with van der Waals surface area (Å²) < 4.78 is 19.4. The zero-order valence-corrected chi connectivity index (χ0v) is 16.3. The first kappa shape index (κ1) is 18.9. The molecule has 0 spiro atoms. The van der Waals surface area contributed by atoms with E-state index < -0.39 is 6.04 Å². The molecule has 0 bridgehead atoms. The first-order valence-corrected chi connectivity index (χ1v) is 9.61. The van der Waals surface area contributed by atoms with Crippen molar-refractivity contribution in [1.29, 1.82) is 0 Å². The van der Waals surface area contributed by atoms with Crippen LogP contribution in [0.2, 0.25) is 0 Å². The summed E-state index contributed by atoms with van der Waals surface area (Å²) in [6, 6.07) is 23.8. The molecule has 5 heteroatoms. The summed E-state index contributed by atoms with van der Waals surface area (Å²) in [6.07, 6.45) is 0. The Kier molecular flexibility index (Phi) is 5.38. The Bertz CT molecular complexity index is 1060. The Morgan fingerprint density at radius 3 is 2.10 bits per heavy atom. The van der Waals surface area contributed by atoms with E-state index in [1.807, 2.05) is 42.5 Å². The number of rotatable bonds is 6. The minimum Gasteiger partial charge on any atom is -0.418 e. The van der Waals surface area contributed by atoms with E-state index in [2.05, 4.69) is 41.5 Å². The Morgan fingerprint density at radius 2 is 1.45 bits per heavy atom. The standard InChI is InChI=1S/C24H22FN3O/c1-16(2)17-10-14-21(15-11-17)26-22(18-8-12-20(25)13-9-18)24-28-27-23(29-24)19-6-4-3-5-7-19/h3-16,22,26H,1-2H3. The average Bonchev–Trinajstić information content (AvgIpc) is 3.24. The molecular weight excluding hydrogens is 365 g/mol. The van der Waals surface area contributed by atoms with Crippen molar-refractivity contribution in [2.75, 3.05) is 5.32 Å². The lowest BCUT2D eigenvalue weighted by Crippen LogP contribution is -2.13. The van der Waals surface area contributed by atoms with Crippen LogP contribution < -0.4 is 5.32 Å². The van der Waals surface area contributed by atoms with Gasteiger partial charge in [0.15, 0.2) is 0 Å². The molecule has 0 aliphatic carbocycles. The van der Waals surface area contributed by atoms with Gasteiger partial charge in [0, 0.05) is 11.3 Å². The van der Waals surface area contributed by atoms with Gasteiger partial charge in [-0.25, -0.2) is 4.39 Å². The fraction of sp³-hybridized carbons (Fsp3) is 0.167. The van der Waals surface area contributed by atoms with Crippen molar-refractivity contribution in [3.63, 3.8) is 0 Å². The van der Waals surface area contributed by atoms with Crippen molar-refractivity contribution >= 4 is 5.69 Å². The Balaban J connectivity index is 1.67. The highest BCUT2D eigenvalue weighted by molar-refractivity contribution is 5.53. The second-order valence-electron chi connectivity index (χ2n) is 7.22. The summed E-state index contributed by atoms with van der Waals surface area (Å²) in [5, 5.41) is 11.9. The van der Waals surface area contributed by atoms with Crippen molar-refractivity contribution in [2.45, 2.75) is 25.8 Å². The van der Waals surface area contributed by atoms with Gasteiger partial charge in [0.2, 0.25) is 11.8 Å². The molecule has 1 heterocycles. The molecule has 0 aliphatic rings. The molecule has 1 atom stereocenters. The van der Waals surface area contributed by atoms with Gasteiger partial charge in [0.05, 0.1) is 0 Å². The van der Waals surface area contributed by atoms with Gasteiger partial charge in [-0.3, -0.25) is 0 Å². The summed E-state index contributed by atoms with van der Waals surface area (Å²) in [7, 11) is 0. The molecule has 0 aliphatic heterocycles. The van der Waals surface area contributed by atoms with Crippen LogP contribution >= 0.6 is 0 Å². The number of aromatic nitrogens is 2. The first-order valence-electron chi connectivity index (χ1n) is 9.61. The first-order chi connectivity index (χ1) is 14.1. The van der Waals surface area contributed by atoms with Crippen LogP contribution in [0.25, 0.3) is 11.5 Å². The fourth-order valence-corrected chi connectivity index (χ4v) is 3.12. The monoisotopic (exact) mass is 387 g/mol. The zero-order chi connectivity index (χ0) is 20.2. The molecule has 1 N–H and O–H groups in total. The van der Waals surface area contributed by atoms with E-state index >= 15 is 0 Å². The van der Waals surface area contributed by atoms with Crippen LogP contribution in [0.1, 0.15) is 42.8 Å². The topological polar surface area (TPSA) is 51.0 Å². The minimum atomic E-state index is -0.398. The maximum atomic E-state index is 13.5. The van der Waals surface area contributed by atoms with E-state index in [1.54, 1.807) is 12.1 Å². The number of nitrogens with one attached hydrogen (secondary N) is 1. The van der Waals surface area contributed by atoms with Gasteiger partial charge >= 0.3 is 0 Å². The highest BCUT2D eigenvalue weighted by Crippen LogP contribution is 2.29. The van der Waals surface area contributed by atoms with E-state index in [0.717, 1.165) is 16.8 Å². The normalized spacial score (nSPS) is 12.1. The van der Waals surface area contributed by atoms with Crippen molar-refractivity contribution in [3.05, 3.63) is 102 Å². The maximum Gasteiger partial charge on any atom is 0.247 e. The number of benzene rings is 3. The van der Waals surface area contributed by atoms with Crippen LogP contribution in [0.3, 0.4) is 0 Å². The Labute approximate surface area is 169 Å². The smallest absolute Gasteiger partial charge is 0.247 e. The largest absolute Gasteiger partial charge is 0.418 e. The van der Waals surface area contributed by atoms with E-state index in [-0.39, 0.29) is 5.82 Å². The molecule has 0 saturated heterocycles. The van der Waals surface area contributed by atoms with Crippen LogP contribution in [-0.2, 0) is 0 Å². The quantitative estimate of drug-likeness (QED) is 0.428. The van der Waals surface area contributed by atoms with Gasteiger partial charge in [-0.1, -0.05) is 56.3 Å². The Morgan fingerprint density at radius 1 is 0.793 bits per heavy atom. The van der Waals surface area contributed by atoms with Crippen LogP contribution in [0.5, 0.6) is 0 Å². The van der Waals surface area contributed by atoms with Crippen molar-refractivity contribution in [3.8, 4) is 11.5 Å². The lowest BCUT2D eigenvalue weighted by Gasteiger charge is -2.18. The average molecular weight is 387 g/mol. The summed E-state index contributed by atoms with van der Waals surface area (Å²) in [6.45, 7) is 4.32. The number of hydrogen-bond acceptors (Lipinski definition) is 4. The van der Waals surface area contributed by atoms with Crippen LogP contribution in [0, 0.1) is 5.82 Å². The van der Waals surface area contributed by atoms with Gasteiger partial charge < -0.3 is 9.73 Å². The lowest BCUT2D eigenvalue weighted by atomic mass is 10.0. The third-order valence-corrected chi connectivity index (χ3v) is 4.80. The highest BCUT2D eigenvalue weighted by atomic mass is 19.1. The molecule has 1 unspecified atom stereocenters. The molecule has 29 heavy (non-hydrogen) atoms. The van der Waals surface area contributed by atoms with Crippen LogP contribution in [-0.4, -0.2) is 10.2 Å². The third kappa shape index (κ3) is 4.35. The molecule has 0 amide bonds. The van der Waals surface area contributed by atoms with Gasteiger partial charge in [-0.15, -0.1) is 10.2 Å². The number of hydrogen-bond donors (Lipinski definition) is 1. The molecule has 4 aromatic rings. The predicted molar refractivity (Wildman–Crippen MR) is 112 cm³/mol. The third-order valence-electron chi connectivity index (χ3n) is 4.80. The zero-order valence-electron chi connectivity index (χ0n) is 16.3. The van der Waals surface area contributed by atoms with E-state index in [9.17, 15) is 4.39 Å². The van der Waals surface area contributed by atoms with E-state index in [0.29, 0.717) is 17.7 Å². The maximum absolute atomic E-state index is 13.5. The molecule has 4 nitrogen and oxygen atoms in total. The van der Waals surface area contributed by atoms with Crippen molar-refractivity contribution in [1.82, 2.24) is 10.2 Å². The summed E-state index contributed by atoms with van der Waals surface area (Å²) in [4.78, 5) is 0. The number of nitrogens with zero attached hydrogens (tertiary/aromatic N) is 2. The molecule has 0 radical (unpaired) electrons. The second kappa shape index (κ2) is 8.27. The molecule has 0 saturated carbocycles. The number of halogens is 1. The Hall–Kier alpha value is -3.47. The molecule has 4 rings (SSSR count). The summed E-state index contributed by atoms with van der Waals surface area (Å²) >= 11 is 0. The van der Waals surface area contributed by atoms with Gasteiger partial charge in [-0.05, 0) is 53.4 Å². The minimum absolute atomic E-state index is 0.288. The SMILES string of the molecule is CC(C)c1ccc(NC(c2ccc(F)cc2)c2nnc(-c3ccccc3)o2)cc1. The summed E-state index contributed by atoms with van der Waals surface area (Å²) in [5.74, 6) is 1.04. The molecule has 0 fully saturated rings.